The van der Waals surface area contributed by atoms with Crippen molar-refractivity contribution in [3.05, 3.63) is 0 Å². The first kappa shape index (κ1) is 13.3. The highest BCUT2D eigenvalue weighted by molar-refractivity contribution is 5.64. The molecule has 0 aliphatic heterocycles. The van der Waals surface area contributed by atoms with Crippen molar-refractivity contribution in [3.8, 4) is 0 Å². The normalized spacial score (nSPS) is 11.4. The Hall–Kier alpha value is -0.730. The molecule has 0 aliphatic rings. The summed E-state index contributed by atoms with van der Waals surface area (Å²) in [6.45, 7) is 9.79. The van der Waals surface area contributed by atoms with Crippen molar-refractivity contribution in [2.75, 3.05) is 13.1 Å². The minimum absolute atomic E-state index is 0.208. The number of nitrogens with zero attached hydrogens (tertiary/aromatic N) is 1. The van der Waals surface area contributed by atoms with E-state index >= 15 is 0 Å². The van der Waals surface area contributed by atoms with Crippen molar-refractivity contribution in [1.29, 1.82) is 0 Å². The van der Waals surface area contributed by atoms with Gasteiger partial charge in [0.15, 0.2) is 0 Å². The topological polar surface area (TPSA) is 40.5 Å². The zero-order chi connectivity index (χ0) is 11.2. The Morgan fingerprint density at radius 3 is 2.21 bits per heavy atom. The summed E-state index contributed by atoms with van der Waals surface area (Å²) in [5.74, 6) is 0. The minimum Gasteiger partial charge on any atom is -0.465 e. The number of rotatable bonds is 5. The lowest BCUT2D eigenvalue weighted by Crippen LogP contribution is -2.33. The maximum atomic E-state index is 10.8. The summed E-state index contributed by atoms with van der Waals surface area (Å²) in [4.78, 5) is 12.4. The third-order valence-electron chi connectivity index (χ3n) is 2.18. The molecule has 0 rings (SSSR count). The van der Waals surface area contributed by atoms with Crippen LogP contribution in [0.5, 0.6) is 0 Å². The minimum atomic E-state index is -0.789. The second-order valence-corrected chi connectivity index (χ2v) is 4.93. The van der Waals surface area contributed by atoms with Gasteiger partial charge in [0.2, 0.25) is 0 Å². The van der Waals surface area contributed by atoms with Crippen molar-refractivity contribution in [1.82, 2.24) is 4.90 Å². The van der Waals surface area contributed by atoms with Gasteiger partial charge >= 0.3 is 6.09 Å². The molecule has 0 bridgehead atoms. The highest BCUT2D eigenvalue weighted by Gasteiger charge is 2.16. The Balaban J connectivity index is 3.91. The van der Waals surface area contributed by atoms with E-state index in [4.69, 9.17) is 5.11 Å². The number of unbranched alkanes of at least 4 members (excludes halogenated alkanes) is 1. The summed E-state index contributed by atoms with van der Waals surface area (Å²) >= 11 is 0. The highest BCUT2D eigenvalue weighted by Crippen LogP contribution is 2.18. The average Bonchev–Trinajstić information content (AvgIpc) is 2.01. The van der Waals surface area contributed by atoms with Gasteiger partial charge in [-0.3, -0.25) is 0 Å². The van der Waals surface area contributed by atoms with Gasteiger partial charge in [0.05, 0.1) is 0 Å². The van der Waals surface area contributed by atoms with Gasteiger partial charge < -0.3 is 10.0 Å². The SMILES string of the molecule is CCCCN(CCC(C)(C)C)C(=O)O. The molecule has 0 radical (unpaired) electrons. The quantitative estimate of drug-likeness (QED) is 0.742. The Morgan fingerprint density at radius 1 is 1.29 bits per heavy atom. The lowest BCUT2D eigenvalue weighted by atomic mass is 9.92. The third kappa shape index (κ3) is 6.75. The van der Waals surface area contributed by atoms with Gasteiger partial charge in [0.1, 0.15) is 0 Å². The van der Waals surface area contributed by atoms with Crippen molar-refractivity contribution >= 4 is 6.09 Å². The fourth-order valence-corrected chi connectivity index (χ4v) is 1.12. The Bertz CT molecular complexity index is 173. The number of hydrogen-bond acceptors (Lipinski definition) is 1. The first-order chi connectivity index (χ1) is 6.37. The second-order valence-electron chi connectivity index (χ2n) is 4.93. The molecule has 84 valence electrons. The maximum absolute atomic E-state index is 10.8. The molecular formula is C11H23NO2. The van der Waals surface area contributed by atoms with E-state index in [2.05, 4.69) is 27.7 Å². The van der Waals surface area contributed by atoms with Crippen LogP contribution in [0.15, 0.2) is 0 Å². The van der Waals surface area contributed by atoms with Crippen molar-refractivity contribution in [2.45, 2.75) is 47.0 Å². The van der Waals surface area contributed by atoms with Gasteiger partial charge in [-0.1, -0.05) is 34.1 Å². The predicted molar refractivity (Wildman–Crippen MR) is 58.6 cm³/mol. The van der Waals surface area contributed by atoms with Gasteiger partial charge in [-0.2, -0.15) is 0 Å². The Labute approximate surface area is 87.1 Å². The molecule has 0 saturated heterocycles. The molecule has 0 unspecified atom stereocenters. The summed E-state index contributed by atoms with van der Waals surface area (Å²) in [5, 5.41) is 8.92. The molecule has 1 N–H and O–H groups in total. The zero-order valence-electron chi connectivity index (χ0n) is 9.84. The van der Waals surface area contributed by atoms with Crippen LogP contribution in [0.1, 0.15) is 47.0 Å². The van der Waals surface area contributed by atoms with Gasteiger partial charge in [-0.05, 0) is 18.3 Å². The number of carbonyl (C=O) groups is 1. The van der Waals surface area contributed by atoms with E-state index in [9.17, 15) is 4.79 Å². The largest absolute Gasteiger partial charge is 0.465 e. The lowest BCUT2D eigenvalue weighted by molar-refractivity contribution is 0.138. The lowest BCUT2D eigenvalue weighted by Gasteiger charge is -2.24. The van der Waals surface area contributed by atoms with Gasteiger partial charge in [0, 0.05) is 13.1 Å². The molecule has 0 aromatic carbocycles. The summed E-state index contributed by atoms with van der Waals surface area (Å²) in [5.41, 5.74) is 0.208. The van der Waals surface area contributed by atoms with E-state index in [0.29, 0.717) is 13.1 Å². The first-order valence-electron chi connectivity index (χ1n) is 5.34. The van der Waals surface area contributed by atoms with E-state index in [1.54, 1.807) is 0 Å². The molecule has 1 amide bonds. The second kappa shape index (κ2) is 5.89. The number of amides is 1. The molecule has 0 heterocycles. The predicted octanol–water partition coefficient (Wildman–Crippen LogP) is 3.20. The molecule has 0 fully saturated rings. The molecule has 0 aromatic rings. The third-order valence-corrected chi connectivity index (χ3v) is 2.18. The number of carboxylic acid groups (broad SMARTS) is 1. The van der Waals surface area contributed by atoms with Gasteiger partial charge in [-0.25, -0.2) is 4.79 Å². The van der Waals surface area contributed by atoms with Crippen LogP contribution in [0.25, 0.3) is 0 Å². The summed E-state index contributed by atoms with van der Waals surface area (Å²) in [6, 6.07) is 0. The molecular weight excluding hydrogens is 178 g/mol. The molecule has 0 aliphatic carbocycles. The van der Waals surface area contributed by atoms with Crippen LogP contribution in [0.3, 0.4) is 0 Å². The first-order valence-corrected chi connectivity index (χ1v) is 5.34. The van der Waals surface area contributed by atoms with Crippen LogP contribution < -0.4 is 0 Å². The summed E-state index contributed by atoms with van der Waals surface area (Å²) < 4.78 is 0. The number of hydrogen-bond donors (Lipinski definition) is 1. The molecule has 0 atom stereocenters. The van der Waals surface area contributed by atoms with E-state index in [1.807, 2.05) is 0 Å². The Morgan fingerprint density at radius 2 is 1.86 bits per heavy atom. The monoisotopic (exact) mass is 201 g/mol. The van der Waals surface area contributed by atoms with Gasteiger partial charge in [0.25, 0.3) is 0 Å². The molecule has 0 aromatic heterocycles. The van der Waals surface area contributed by atoms with Crippen LogP contribution in [0.4, 0.5) is 4.79 Å². The summed E-state index contributed by atoms with van der Waals surface area (Å²) in [7, 11) is 0. The molecule has 14 heavy (non-hydrogen) atoms. The van der Waals surface area contributed by atoms with E-state index in [1.165, 1.54) is 4.90 Å². The van der Waals surface area contributed by atoms with Crippen LogP contribution in [0, 0.1) is 5.41 Å². The molecule has 3 nitrogen and oxygen atoms in total. The summed E-state index contributed by atoms with van der Waals surface area (Å²) in [6.07, 6.45) is 2.13. The van der Waals surface area contributed by atoms with Crippen LogP contribution in [-0.2, 0) is 0 Å². The Kier molecular flexibility index (Phi) is 5.58. The van der Waals surface area contributed by atoms with Crippen LogP contribution in [-0.4, -0.2) is 29.2 Å². The van der Waals surface area contributed by atoms with E-state index < -0.39 is 6.09 Å². The van der Waals surface area contributed by atoms with Crippen molar-refractivity contribution in [3.63, 3.8) is 0 Å². The van der Waals surface area contributed by atoms with Gasteiger partial charge in [-0.15, -0.1) is 0 Å². The zero-order valence-corrected chi connectivity index (χ0v) is 9.84. The molecule has 0 saturated carbocycles. The molecule has 0 spiro atoms. The molecule has 3 heteroatoms. The van der Waals surface area contributed by atoms with Crippen LogP contribution >= 0.6 is 0 Å². The average molecular weight is 201 g/mol. The van der Waals surface area contributed by atoms with Crippen LogP contribution in [0.2, 0.25) is 0 Å². The van der Waals surface area contributed by atoms with E-state index in [-0.39, 0.29) is 5.41 Å². The van der Waals surface area contributed by atoms with E-state index in [0.717, 1.165) is 19.3 Å². The smallest absolute Gasteiger partial charge is 0.407 e. The fourth-order valence-electron chi connectivity index (χ4n) is 1.12. The fraction of sp³-hybridized carbons (Fsp3) is 0.909. The maximum Gasteiger partial charge on any atom is 0.407 e. The van der Waals surface area contributed by atoms with Crippen molar-refractivity contribution < 1.29 is 9.90 Å². The van der Waals surface area contributed by atoms with Crippen molar-refractivity contribution in [2.24, 2.45) is 5.41 Å². The standard InChI is InChI=1S/C11H23NO2/c1-5-6-8-12(10(13)14)9-7-11(2,3)4/h5-9H2,1-4H3,(H,13,14). The highest BCUT2D eigenvalue weighted by atomic mass is 16.4.